The Hall–Kier alpha value is -1.13. The third kappa shape index (κ3) is 3.90. The van der Waals surface area contributed by atoms with Crippen molar-refractivity contribution in [3.8, 4) is 0 Å². The summed E-state index contributed by atoms with van der Waals surface area (Å²) in [5.74, 6) is -0.391. The average molecular weight is 171 g/mol. The molecule has 1 amide bonds. The fourth-order valence-corrected chi connectivity index (χ4v) is 0.481. The first-order chi connectivity index (χ1) is 5.61. The SMILES string of the molecule is C=CC(=C)C(=O)NCC(O)CO. The minimum absolute atomic E-state index is 0.0161. The Labute approximate surface area is 71.2 Å². The van der Waals surface area contributed by atoms with E-state index < -0.39 is 12.0 Å². The summed E-state index contributed by atoms with van der Waals surface area (Å²) >= 11 is 0. The van der Waals surface area contributed by atoms with Crippen molar-refractivity contribution in [2.75, 3.05) is 13.2 Å². The molecule has 3 N–H and O–H groups in total. The van der Waals surface area contributed by atoms with E-state index in [4.69, 9.17) is 10.2 Å². The Bertz CT molecular complexity index is 189. The molecule has 1 atom stereocenters. The Morgan fingerprint density at radius 2 is 2.25 bits per heavy atom. The summed E-state index contributed by atoms with van der Waals surface area (Å²) in [5, 5.41) is 19.6. The van der Waals surface area contributed by atoms with Crippen LogP contribution in [0.4, 0.5) is 0 Å². The van der Waals surface area contributed by atoms with Gasteiger partial charge in [-0.25, -0.2) is 0 Å². The van der Waals surface area contributed by atoms with Crippen molar-refractivity contribution in [1.82, 2.24) is 5.32 Å². The van der Waals surface area contributed by atoms with Gasteiger partial charge in [-0.3, -0.25) is 4.79 Å². The Balaban J connectivity index is 3.71. The second kappa shape index (κ2) is 5.51. The van der Waals surface area contributed by atoms with Crippen molar-refractivity contribution in [3.05, 3.63) is 24.8 Å². The van der Waals surface area contributed by atoms with E-state index in [9.17, 15) is 4.79 Å². The van der Waals surface area contributed by atoms with Gasteiger partial charge in [0, 0.05) is 12.1 Å². The highest BCUT2D eigenvalue weighted by Gasteiger charge is 2.05. The van der Waals surface area contributed by atoms with Gasteiger partial charge in [0.25, 0.3) is 5.91 Å². The summed E-state index contributed by atoms with van der Waals surface area (Å²) in [5.41, 5.74) is 0.236. The summed E-state index contributed by atoms with van der Waals surface area (Å²) in [6.45, 7) is 6.40. The molecule has 0 saturated heterocycles. The van der Waals surface area contributed by atoms with E-state index in [1.807, 2.05) is 0 Å². The minimum Gasteiger partial charge on any atom is -0.394 e. The van der Waals surface area contributed by atoms with Crippen LogP contribution >= 0.6 is 0 Å². The molecule has 0 spiro atoms. The monoisotopic (exact) mass is 171 g/mol. The normalized spacial score (nSPS) is 11.8. The summed E-state index contributed by atoms with van der Waals surface area (Å²) in [6.07, 6.45) is 0.396. The van der Waals surface area contributed by atoms with Crippen molar-refractivity contribution in [3.63, 3.8) is 0 Å². The van der Waals surface area contributed by atoms with Crippen molar-refractivity contribution < 1.29 is 15.0 Å². The molecule has 12 heavy (non-hydrogen) atoms. The molecule has 0 bridgehead atoms. The molecule has 0 radical (unpaired) electrons. The van der Waals surface area contributed by atoms with Crippen molar-refractivity contribution in [2.45, 2.75) is 6.10 Å². The van der Waals surface area contributed by atoms with Gasteiger partial charge in [0.2, 0.25) is 0 Å². The van der Waals surface area contributed by atoms with E-state index in [0.717, 1.165) is 0 Å². The zero-order valence-electron chi connectivity index (χ0n) is 6.79. The van der Waals surface area contributed by atoms with Gasteiger partial charge in [0.15, 0.2) is 0 Å². The molecule has 0 rings (SSSR count). The van der Waals surface area contributed by atoms with Gasteiger partial charge in [-0.1, -0.05) is 19.2 Å². The van der Waals surface area contributed by atoms with Gasteiger partial charge in [0.05, 0.1) is 12.7 Å². The Kier molecular flexibility index (Phi) is 4.99. The molecular formula is C8H13NO3. The number of aliphatic hydroxyl groups excluding tert-OH is 2. The van der Waals surface area contributed by atoms with Crippen LogP contribution in [0.15, 0.2) is 24.8 Å². The molecule has 0 aromatic heterocycles. The van der Waals surface area contributed by atoms with Gasteiger partial charge in [-0.15, -0.1) is 0 Å². The fraction of sp³-hybridized carbons (Fsp3) is 0.375. The largest absolute Gasteiger partial charge is 0.394 e. The summed E-state index contributed by atoms with van der Waals surface area (Å²) < 4.78 is 0. The fourth-order valence-electron chi connectivity index (χ4n) is 0.481. The van der Waals surface area contributed by atoms with Crippen molar-refractivity contribution in [1.29, 1.82) is 0 Å². The number of carbonyl (C=O) groups excluding carboxylic acids is 1. The van der Waals surface area contributed by atoms with Crippen LogP contribution in [-0.4, -0.2) is 35.4 Å². The van der Waals surface area contributed by atoms with E-state index in [1.54, 1.807) is 0 Å². The van der Waals surface area contributed by atoms with Crippen LogP contribution in [0.2, 0.25) is 0 Å². The van der Waals surface area contributed by atoms with Crippen LogP contribution in [0.25, 0.3) is 0 Å². The zero-order chi connectivity index (χ0) is 9.56. The van der Waals surface area contributed by atoms with Crippen LogP contribution < -0.4 is 5.32 Å². The van der Waals surface area contributed by atoms with E-state index in [-0.39, 0.29) is 18.7 Å². The average Bonchev–Trinajstić information content (AvgIpc) is 2.11. The maximum absolute atomic E-state index is 10.9. The summed E-state index contributed by atoms with van der Waals surface area (Å²) in [4.78, 5) is 10.9. The molecule has 68 valence electrons. The van der Waals surface area contributed by atoms with E-state index in [2.05, 4.69) is 18.5 Å². The van der Waals surface area contributed by atoms with Gasteiger partial charge in [0.1, 0.15) is 0 Å². The predicted molar refractivity (Wildman–Crippen MR) is 45.4 cm³/mol. The zero-order valence-corrected chi connectivity index (χ0v) is 6.79. The number of hydrogen-bond acceptors (Lipinski definition) is 3. The standard InChI is InChI=1S/C8H13NO3/c1-3-6(2)8(12)9-4-7(11)5-10/h3,7,10-11H,1-2,4-5H2,(H,9,12). The van der Waals surface area contributed by atoms with Crippen LogP contribution in [0.1, 0.15) is 0 Å². The number of rotatable bonds is 5. The summed E-state index contributed by atoms with van der Waals surface area (Å²) in [6, 6.07) is 0. The third-order valence-corrected chi connectivity index (χ3v) is 1.25. The predicted octanol–water partition coefficient (Wildman–Crippen LogP) is -0.802. The Morgan fingerprint density at radius 3 is 2.67 bits per heavy atom. The lowest BCUT2D eigenvalue weighted by molar-refractivity contribution is -0.117. The van der Waals surface area contributed by atoms with Crippen LogP contribution in [0, 0.1) is 0 Å². The molecule has 0 saturated carbocycles. The van der Waals surface area contributed by atoms with Gasteiger partial charge < -0.3 is 15.5 Å². The molecule has 0 aromatic rings. The lowest BCUT2D eigenvalue weighted by Gasteiger charge is -2.08. The molecule has 0 fully saturated rings. The van der Waals surface area contributed by atoms with Gasteiger partial charge in [-0.05, 0) is 0 Å². The first-order valence-electron chi connectivity index (χ1n) is 3.50. The molecule has 0 heterocycles. The molecule has 0 aliphatic heterocycles. The number of hydrogen-bond donors (Lipinski definition) is 3. The maximum atomic E-state index is 10.9. The number of amides is 1. The topological polar surface area (TPSA) is 69.6 Å². The number of aliphatic hydroxyl groups is 2. The van der Waals surface area contributed by atoms with Crippen LogP contribution in [0.3, 0.4) is 0 Å². The molecule has 1 unspecified atom stereocenters. The highest BCUT2D eigenvalue weighted by atomic mass is 16.3. The smallest absolute Gasteiger partial charge is 0.250 e. The van der Waals surface area contributed by atoms with Gasteiger partial charge in [-0.2, -0.15) is 0 Å². The van der Waals surface area contributed by atoms with E-state index >= 15 is 0 Å². The third-order valence-electron chi connectivity index (χ3n) is 1.25. The molecule has 0 aromatic carbocycles. The van der Waals surface area contributed by atoms with E-state index in [0.29, 0.717) is 0 Å². The highest BCUT2D eigenvalue weighted by Crippen LogP contribution is 1.89. The molecule has 4 nitrogen and oxygen atoms in total. The highest BCUT2D eigenvalue weighted by molar-refractivity contribution is 5.95. The van der Waals surface area contributed by atoms with Crippen molar-refractivity contribution >= 4 is 5.91 Å². The first-order valence-corrected chi connectivity index (χ1v) is 3.50. The summed E-state index contributed by atoms with van der Waals surface area (Å²) in [7, 11) is 0. The number of nitrogens with one attached hydrogen (secondary N) is 1. The first kappa shape index (κ1) is 10.9. The van der Waals surface area contributed by atoms with E-state index in [1.165, 1.54) is 6.08 Å². The number of carbonyl (C=O) groups is 1. The lowest BCUT2D eigenvalue weighted by atomic mass is 10.3. The van der Waals surface area contributed by atoms with Gasteiger partial charge >= 0.3 is 0 Å². The maximum Gasteiger partial charge on any atom is 0.250 e. The second-order valence-electron chi connectivity index (χ2n) is 2.28. The molecular weight excluding hydrogens is 158 g/mol. The lowest BCUT2D eigenvalue weighted by Crippen LogP contribution is -2.34. The molecule has 0 aliphatic rings. The molecule has 0 aliphatic carbocycles. The van der Waals surface area contributed by atoms with Crippen molar-refractivity contribution in [2.24, 2.45) is 0 Å². The minimum atomic E-state index is -0.924. The van der Waals surface area contributed by atoms with Crippen LogP contribution in [-0.2, 0) is 4.79 Å². The van der Waals surface area contributed by atoms with Crippen LogP contribution in [0.5, 0.6) is 0 Å². The quantitative estimate of drug-likeness (QED) is 0.374. The molecule has 4 heteroatoms. The Morgan fingerprint density at radius 1 is 1.67 bits per heavy atom. The second-order valence-corrected chi connectivity index (χ2v) is 2.28.